The summed E-state index contributed by atoms with van der Waals surface area (Å²) in [6.07, 6.45) is 0. The van der Waals surface area contributed by atoms with Crippen molar-refractivity contribution in [1.29, 1.82) is 0 Å². The van der Waals surface area contributed by atoms with Crippen LogP contribution in [-0.4, -0.2) is 8.42 Å². The second-order valence-electron chi connectivity index (χ2n) is 3.91. The number of anilines is 2. The van der Waals surface area contributed by atoms with Crippen molar-refractivity contribution in [2.45, 2.75) is 4.90 Å². The first-order valence-electron chi connectivity index (χ1n) is 5.32. The van der Waals surface area contributed by atoms with Gasteiger partial charge in [0, 0.05) is 4.47 Å². The molecule has 0 saturated carbocycles. The zero-order valence-electron chi connectivity index (χ0n) is 9.90. The Bertz CT molecular complexity index is 768. The molecule has 106 valence electrons. The van der Waals surface area contributed by atoms with E-state index < -0.39 is 15.8 Å². The molecule has 0 aliphatic rings. The van der Waals surface area contributed by atoms with Crippen LogP contribution in [0.4, 0.5) is 15.8 Å². The summed E-state index contributed by atoms with van der Waals surface area (Å²) in [4.78, 5) is -0.0984. The summed E-state index contributed by atoms with van der Waals surface area (Å²) in [5.41, 5.74) is 5.53. The SMILES string of the molecule is Nc1cc(S(=O)(=O)Nc2cc(Br)ccc2F)ccc1Cl. The lowest BCUT2D eigenvalue weighted by Gasteiger charge is -2.10. The van der Waals surface area contributed by atoms with Gasteiger partial charge in [-0.1, -0.05) is 27.5 Å². The second-order valence-corrected chi connectivity index (χ2v) is 6.92. The standard InChI is InChI=1S/C12H9BrClFN2O2S/c13-7-1-4-10(15)12(5-7)17-20(18,19)8-2-3-9(14)11(16)6-8/h1-6,17H,16H2. The van der Waals surface area contributed by atoms with E-state index in [-0.39, 0.29) is 21.3 Å². The van der Waals surface area contributed by atoms with E-state index in [1.54, 1.807) is 0 Å². The average Bonchev–Trinajstić information content (AvgIpc) is 2.36. The third kappa shape index (κ3) is 3.23. The van der Waals surface area contributed by atoms with E-state index >= 15 is 0 Å². The summed E-state index contributed by atoms with van der Waals surface area (Å²) in [7, 11) is -3.94. The van der Waals surface area contributed by atoms with Gasteiger partial charge in [-0.2, -0.15) is 0 Å². The van der Waals surface area contributed by atoms with E-state index in [4.69, 9.17) is 17.3 Å². The number of nitrogens with one attached hydrogen (secondary N) is 1. The van der Waals surface area contributed by atoms with Crippen LogP contribution in [0.3, 0.4) is 0 Å². The van der Waals surface area contributed by atoms with Crippen LogP contribution < -0.4 is 10.5 Å². The highest BCUT2D eigenvalue weighted by atomic mass is 79.9. The van der Waals surface area contributed by atoms with Crippen LogP contribution in [0.5, 0.6) is 0 Å². The van der Waals surface area contributed by atoms with E-state index in [0.29, 0.717) is 4.47 Å². The van der Waals surface area contributed by atoms with Crippen molar-refractivity contribution in [2.75, 3.05) is 10.5 Å². The number of rotatable bonds is 3. The maximum absolute atomic E-state index is 13.6. The highest BCUT2D eigenvalue weighted by molar-refractivity contribution is 9.10. The second kappa shape index (κ2) is 5.59. The monoisotopic (exact) mass is 378 g/mol. The van der Waals surface area contributed by atoms with Gasteiger partial charge in [0.2, 0.25) is 0 Å². The first-order valence-corrected chi connectivity index (χ1v) is 7.98. The molecule has 0 aliphatic heterocycles. The molecule has 3 N–H and O–H groups in total. The van der Waals surface area contributed by atoms with Gasteiger partial charge in [-0.25, -0.2) is 12.8 Å². The molecule has 0 saturated heterocycles. The summed E-state index contributed by atoms with van der Waals surface area (Å²) >= 11 is 8.87. The zero-order valence-corrected chi connectivity index (χ0v) is 13.1. The van der Waals surface area contributed by atoms with E-state index in [1.807, 2.05) is 0 Å². The Labute approximate surface area is 128 Å². The minimum absolute atomic E-state index is 0.0984. The largest absolute Gasteiger partial charge is 0.397 e. The molecule has 2 aromatic carbocycles. The fourth-order valence-electron chi connectivity index (χ4n) is 1.47. The van der Waals surface area contributed by atoms with Crippen molar-refractivity contribution in [3.8, 4) is 0 Å². The molecule has 0 amide bonds. The maximum Gasteiger partial charge on any atom is 0.262 e. The van der Waals surface area contributed by atoms with Crippen LogP contribution in [0, 0.1) is 5.82 Å². The smallest absolute Gasteiger partial charge is 0.262 e. The lowest BCUT2D eigenvalue weighted by atomic mass is 10.3. The topological polar surface area (TPSA) is 72.2 Å². The fourth-order valence-corrected chi connectivity index (χ4v) is 3.04. The molecule has 0 atom stereocenters. The quantitative estimate of drug-likeness (QED) is 0.800. The van der Waals surface area contributed by atoms with Crippen LogP contribution in [0.1, 0.15) is 0 Å². The van der Waals surface area contributed by atoms with Crippen molar-refractivity contribution in [3.63, 3.8) is 0 Å². The Hall–Kier alpha value is -1.31. The van der Waals surface area contributed by atoms with Crippen molar-refractivity contribution in [3.05, 3.63) is 51.7 Å². The van der Waals surface area contributed by atoms with Crippen molar-refractivity contribution >= 4 is 48.9 Å². The molecule has 0 radical (unpaired) electrons. The van der Waals surface area contributed by atoms with Gasteiger partial charge in [-0.3, -0.25) is 4.72 Å². The zero-order chi connectivity index (χ0) is 14.9. The lowest BCUT2D eigenvalue weighted by Crippen LogP contribution is -2.14. The van der Waals surface area contributed by atoms with Crippen LogP contribution in [0.2, 0.25) is 5.02 Å². The number of halogens is 3. The molecule has 0 heterocycles. The third-order valence-corrected chi connectivity index (χ3v) is 4.65. The summed E-state index contributed by atoms with van der Waals surface area (Å²) in [5.74, 6) is -0.682. The predicted molar refractivity (Wildman–Crippen MR) is 80.8 cm³/mol. The van der Waals surface area contributed by atoms with E-state index in [2.05, 4.69) is 20.7 Å². The third-order valence-electron chi connectivity index (χ3n) is 2.45. The molecule has 4 nitrogen and oxygen atoms in total. The molecule has 0 unspecified atom stereocenters. The molecule has 20 heavy (non-hydrogen) atoms. The Kier molecular flexibility index (Phi) is 4.22. The van der Waals surface area contributed by atoms with E-state index in [0.717, 1.165) is 6.07 Å². The molecule has 0 spiro atoms. The van der Waals surface area contributed by atoms with Gasteiger partial charge in [0.1, 0.15) is 5.82 Å². The molecule has 2 rings (SSSR count). The van der Waals surface area contributed by atoms with Crippen LogP contribution >= 0.6 is 27.5 Å². The molecule has 0 aliphatic carbocycles. The first kappa shape index (κ1) is 15.1. The van der Waals surface area contributed by atoms with Crippen molar-refractivity contribution in [1.82, 2.24) is 0 Å². The first-order chi connectivity index (χ1) is 9.29. The van der Waals surface area contributed by atoms with Crippen LogP contribution in [0.25, 0.3) is 0 Å². The number of hydrogen-bond donors (Lipinski definition) is 2. The Balaban J connectivity index is 2.40. The summed E-state index contributed by atoms with van der Waals surface area (Å²) < 4.78 is 40.5. The molecule has 0 bridgehead atoms. The van der Waals surface area contributed by atoms with Gasteiger partial charge in [0.15, 0.2) is 0 Å². The Morgan fingerprint density at radius 3 is 2.55 bits per heavy atom. The molecule has 2 aromatic rings. The average molecular weight is 380 g/mol. The summed E-state index contributed by atoms with van der Waals surface area (Å²) in [5, 5.41) is 0.248. The molecule has 8 heteroatoms. The highest BCUT2D eigenvalue weighted by Gasteiger charge is 2.17. The lowest BCUT2D eigenvalue weighted by molar-refractivity contribution is 0.598. The number of hydrogen-bond acceptors (Lipinski definition) is 3. The van der Waals surface area contributed by atoms with Crippen molar-refractivity contribution < 1.29 is 12.8 Å². The van der Waals surface area contributed by atoms with E-state index in [1.165, 1.54) is 30.3 Å². The fraction of sp³-hybridized carbons (Fsp3) is 0. The predicted octanol–water partition coefficient (Wildman–Crippen LogP) is 3.62. The summed E-state index contributed by atoms with van der Waals surface area (Å²) in [6, 6.07) is 7.80. The molecular weight excluding hydrogens is 371 g/mol. The minimum Gasteiger partial charge on any atom is -0.397 e. The number of benzene rings is 2. The van der Waals surface area contributed by atoms with Gasteiger partial charge in [0.05, 0.1) is 21.3 Å². The van der Waals surface area contributed by atoms with Gasteiger partial charge in [0.25, 0.3) is 10.0 Å². The molecule has 0 aromatic heterocycles. The van der Waals surface area contributed by atoms with Gasteiger partial charge in [-0.15, -0.1) is 0 Å². The summed E-state index contributed by atoms with van der Waals surface area (Å²) in [6.45, 7) is 0. The molecule has 0 fully saturated rings. The highest BCUT2D eigenvalue weighted by Crippen LogP contribution is 2.26. The number of nitrogen functional groups attached to an aromatic ring is 1. The van der Waals surface area contributed by atoms with Crippen LogP contribution in [-0.2, 0) is 10.0 Å². The normalized spacial score (nSPS) is 11.3. The van der Waals surface area contributed by atoms with Crippen LogP contribution in [0.15, 0.2) is 45.8 Å². The van der Waals surface area contributed by atoms with Gasteiger partial charge < -0.3 is 5.73 Å². The Morgan fingerprint density at radius 2 is 1.90 bits per heavy atom. The van der Waals surface area contributed by atoms with Gasteiger partial charge in [-0.05, 0) is 36.4 Å². The van der Waals surface area contributed by atoms with Crippen molar-refractivity contribution in [2.24, 2.45) is 0 Å². The number of nitrogens with two attached hydrogens (primary N) is 1. The maximum atomic E-state index is 13.6. The Morgan fingerprint density at radius 1 is 1.20 bits per heavy atom. The van der Waals surface area contributed by atoms with Gasteiger partial charge >= 0.3 is 0 Å². The molecular formula is C12H9BrClFN2O2S. The van der Waals surface area contributed by atoms with E-state index in [9.17, 15) is 12.8 Å². The number of sulfonamides is 1. The minimum atomic E-state index is -3.94.